The van der Waals surface area contributed by atoms with Gasteiger partial charge in [-0.1, -0.05) is 11.2 Å². The third-order valence-corrected chi connectivity index (χ3v) is 4.07. The number of hydrogen-bond acceptors (Lipinski definition) is 6. The molecule has 1 saturated heterocycles. The van der Waals surface area contributed by atoms with E-state index in [0.29, 0.717) is 36.1 Å². The standard InChI is InChI=1S/C17H15N5O2/c23-17(12-4-3-7-18-10-12)22-9-6-13(11-22)16-20-15(21-24-16)14-5-1-2-8-19-14/h1-5,7-8,10,13H,6,9,11H2. The molecule has 1 aliphatic heterocycles. The molecule has 0 aromatic carbocycles. The molecule has 1 amide bonds. The van der Waals surface area contributed by atoms with Crippen LogP contribution >= 0.6 is 0 Å². The maximum atomic E-state index is 12.5. The van der Waals surface area contributed by atoms with Gasteiger partial charge in [-0.05, 0) is 30.7 Å². The first-order chi connectivity index (χ1) is 11.8. The van der Waals surface area contributed by atoms with Gasteiger partial charge in [0.2, 0.25) is 11.7 Å². The van der Waals surface area contributed by atoms with Gasteiger partial charge >= 0.3 is 0 Å². The van der Waals surface area contributed by atoms with E-state index in [2.05, 4.69) is 20.1 Å². The van der Waals surface area contributed by atoms with Crippen molar-refractivity contribution < 1.29 is 9.32 Å². The van der Waals surface area contributed by atoms with Gasteiger partial charge in [0, 0.05) is 31.7 Å². The molecule has 4 heterocycles. The summed E-state index contributed by atoms with van der Waals surface area (Å²) in [5.41, 5.74) is 1.27. The molecule has 1 unspecified atom stereocenters. The van der Waals surface area contributed by atoms with Gasteiger partial charge < -0.3 is 9.42 Å². The lowest BCUT2D eigenvalue weighted by atomic mass is 10.1. The Morgan fingerprint density at radius 2 is 2.17 bits per heavy atom. The second-order valence-electron chi connectivity index (χ2n) is 5.65. The van der Waals surface area contributed by atoms with Gasteiger partial charge in [0.25, 0.3) is 5.91 Å². The number of carbonyl (C=O) groups is 1. The summed E-state index contributed by atoms with van der Waals surface area (Å²) in [6, 6.07) is 9.08. The molecule has 1 fully saturated rings. The first kappa shape index (κ1) is 14.5. The van der Waals surface area contributed by atoms with Crippen molar-refractivity contribution in [3.8, 4) is 11.5 Å². The van der Waals surface area contributed by atoms with E-state index in [0.717, 1.165) is 6.42 Å². The number of carbonyl (C=O) groups excluding carboxylic acids is 1. The number of amides is 1. The lowest BCUT2D eigenvalue weighted by Gasteiger charge is -2.15. The van der Waals surface area contributed by atoms with E-state index < -0.39 is 0 Å². The first-order valence-corrected chi connectivity index (χ1v) is 7.75. The van der Waals surface area contributed by atoms with Crippen molar-refractivity contribution in [3.63, 3.8) is 0 Å². The van der Waals surface area contributed by atoms with Crippen molar-refractivity contribution in [1.29, 1.82) is 0 Å². The van der Waals surface area contributed by atoms with Gasteiger partial charge in [-0.25, -0.2) is 0 Å². The summed E-state index contributed by atoms with van der Waals surface area (Å²) >= 11 is 0. The van der Waals surface area contributed by atoms with Crippen LogP contribution in [0.1, 0.15) is 28.6 Å². The van der Waals surface area contributed by atoms with Crippen molar-refractivity contribution in [3.05, 3.63) is 60.4 Å². The van der Waals surface area contributed by atoms with Crippen LogP contribution in [-0.2, 0) is 0 Å². The molecule has 24 heavy (non-hydrogen) atoms. The van der Waals surface area contributed by atoms with Crippen molar-refractivity contribution in [2.75, 3.05) is 13.1 Å². The topological polar surface area (TPSA) is 85.0 Å². The highest BCUT2D eigenvalue weighted by Gasteiger charge is 2.31. The zero-order valence-corrected chi connectivity index (χ0v) is 12.9. The largest absolute Gasteiger partial charge is 0.339 e. The van der Waals surface area contributed by atoms with Crippen LogP contribution in [-0.4, -0.2) is 44.0 Å². The second-order valence-corrected chi connectivity index (χ2v) is 5.65. The summed E-state index contributed by atoms with van der Waals surface area (Å²) in [5.74, 6) is 1.06. The van der Waals surface area contributed by atoms with Crippen LogP contribution in [0.4, 0.5) is 0 Å². The normalized spacial score (nSPS) is 17.2. The average Bonchev–Trinajstić information content (AvgIpc) is 3.32. The molecule has 4 rings (SSSR count). The number of likely N-dealkylation sites (tertiary alicyclic amines) is 1. The molecule has 3 aromatic rings. The summed E-state index contributed by atoms with van der Waals surface area (Å²) in [5, 5.41) is 4.00. The Kier molecular flexibility index (Phi) is 3.74. The Morgan fingerprint density at radius 1 is 1.21 bits per heavy atom. The minimum Gasteiger partial charge on any atom is -0.339 e. The molecule has 0 radical (unpaired) electrons. The number of rotatable bonds is 3. The van der Waals surface area contributed by atoms with Crippen LogP contribution in [0.2, 0.25) is 0 Å². The molecular formula is C17H15N5O2. The predicted octanol–water partition coefficient (Wildman–Crippen LogP) is 2.16. The third-order valence-electron chi connectivity index (χ3n) is 4.07. The van der Waals surface area contributed by atoms with Gasteiger partial charge in [0.15, 0.2) is 0 Å². The van der Waals surface area contributed by atoms with Crippen LogP contribution in [0.3, 0.4) is 0 Å². The number of aromatic nitrogens is 4. The lowest BCUT2D eigenvalue weighted by molar-refractivity contribution is 0.0789. The minimum absolute atomic E-state index is 0.0185. The van der Waals surface area contributed by atoms with Crippen LogP contribution in [0.5, 0.6) is 0 Å². The maximum Gasteiger partial charge on any atom is 0.255 e. The van der Waals surface area contributed by atoms with E-state index in [9.17, 15) is 4.79 Å². The fraction of sp³-hybridized carbons (Fsp3) is 0.235. The molecule has 120 valence electrons. The minimum atomic E-state index is -0.0185. The quantitative estimate of drug-likeness (QED) is 0.735. The number of nitrogens with zero attached hydrogens (tertiary/aromatic N) is 5. The highest BCUT2D eigenvalue weighted by atomic mass is 16.5. The third kappa shape index (κ3) is 2.76. The Morgan fingerprint density at radius 3 is 2.96 bits per heavy atom. The van der Waals surface area contributed by atoms with E-state index in [1.165, 1.54) is 0 Å². The highest BCUT2D eigenvalue weighted by molar-refractivity contribution is 5.94. The molecule has 0 bridgehead atoms. The van der Waals surface area contributed by atoms with Crippen molar-refractivity contribution in [2.24, 2.45) is 0 Å². The summed E-state index contributed by atoms with van der Waals surface area (Å²) in [4.78, 5) is 26.9. The fourth-order valence-electron chi connectivity index (χ4n) is 2.82. The molecule has 1 aliphatic rings. The molecule has 0 saturated carbocycles. The van der Waals surface area contributed by atoms with Gasteiger partial charge in [-0.15, -0.1) is 0 Å². The SMILES string of the molecule is O=C(c1cccnc1)N1CCC(c2nc(-c3ccccn3)no2)C1. The van der Waals surface area contributed by atoms with E-state index >= 15 is 0 Å². The van der Waals surface area contributed by atoms with Crippen molar-refractivity contribution in [2.45, 2.75) is 12.3 Å². The second kappa shape index (κ2) is 6.19. The highest BCUT2D eigenvalue weighted by Crippen LogP contribution is 2.28. The molecule has 1 atom stereocenters. The Bertz CT molecular complexity index is 834. The molecule has 0 N–H and O–H groups in total. The molecule has 7 nitrogen and oxygen atoms in total. The summed E-state index contributed by atoms with van der Waals surface area (Å²) in [7, 11) is 0. The van der Waals surface area contributed by atoms with Crippen LogP contribution in [0.25, 0.3) is 11.5 Å². The van der Waals surface area contributed by atoms with Gasteiger partial charge in [-0.2, -0.15) is 4.98 Å². The smallest absolute Gasteiger partial charge is 0.255 e. The average molecular weight is 321 g/mol. The summed E-state index contributed by atoms with van der Waals surface area (Å²) in [6.45, 7) is 1.23. The Labute approximate surface area is 138 Å². The monoisotopic (exact) mass is 321 g/mol. The zero-order chi connectivity index (χ0) is 16.4. The Balaban J connectivity index is 1.48. The van der Waals surface area contributed by atoms with Gasteiger partial charge in [0.05, 0.1) is 11.5 Å². The van der Waals surface area contributed by atoms with E-state index in [-0.39, 0.29) is 11.8 Å². The Hall–Kier alpha value is -3.09. The molecule has 7 heteroatoms. The summed E-state index contributed by atoms with van der Waals surface area (Å²) < 4.78 is 5.39. The van der Waals surface area contributed by atoms with Gasteiger partial charge in [0.1, 0.15) is 5.69 Å². The number of pyridine rings is 2. The molecular weight excluding hydrogens is 306 g/mol. The van der Waals surface area contributed by atoms with Crippen LogP contribution < -0.4 is 0 Å². The van der Waals surface area contributed by atoms with E-state index in [1.807, 2.05) is 18.2 Å². The molecule has 0 spiro atoms. The van der Waals surface area contributed by atoms with E-state index in [4.69, 9.17) is 4.52 Å². The zero-order valence-electron chi connectivity index (χ0n) is 12.9. The van der Waals surface area contributed by atoms with Crippen molar-refractivity contribution >= 4 is 5.91 Å². The summed E-state index contributed by atoms with van der Waals surface area (Å²) in [6.07, 6.45) is 5.73. The molecule has 0 aliphatic carbocycles. The predicted molar refractivity (Wildman–Crippen MR) is 85.0 cm³/mol. The first-order valence-electron chi connectivity index (χ1n) is 7.75. The van der Waals surface area contributed by atoms with Crippen LogP contribution in [0, 0.1) is 0 Å². The number of hydrogen-bond donors (Lipinski definition) is 0. The van der Waals surface area contributed by atoms with Crippen molar-refractivity contribution in [1.82, 2.24) is 25.0 Å². The molecule has 3 aromatic heterocycles. The van der Waals surface area contributed by atoms with E-state index in [1.54, 1.807) is 35.6 Å². The van der Waals surface area contributed by atoms with Gasteiger partial charge in [-0.3, -0.25) is 14.8 Å². The maximum absolute atomic E-state index is 12.5. The lowest BCUT2D eigenvalue weighted by Crippen LogP contribution is -2.28. The fourth-order valence-corrected chi connectivity index (χ4v) is 2.82. The van der Waals surface area contributed by atoms with Crippen LogP contribution in [0.15, 0.2) is 53.4 Å².